The van der Waals surface area contributed by atoms with Crippen LogP contribution in [0.4, 0.5) is 35.4 Å². The molecule has 14 heteroatoms. The first-order chi connectivity index (χ1) is 14.5. The van der Waals surface area contributed by atoms with E-state index in [0.717, 1.165) is 30.0 Å². The Balaban J connectivity index is 2.33. The molecule has 0 saturated carbocycles. The van der Waals surface area contributed by atoms with Crippen molar-refractivity contribution in [3.8, 4) is 6.07 Å². The molecule has 1 atom stereocenters. The molecule has 0 saturated heterocycles. The van der Waals surface area contributed by atoms with Crippen LogP contribution in [-0.4, -0.2) is 40.9 Å². The number of anilines is 3. The topological polar surface area (TPSA) is 169 Å². The van der Waals surface area contributed by atoms with Crippen LogP contribution in [0.2, 0.25) is 0 Å². The number of amides is 2. The number of nitrogen functional groups attached to an aromatic ring is 1. The number of nitrogens with one attached hydrogen (secondary N) is 2. The lowest BCUT2D eigenvalue weighted by atomic mass is 10.2. The maximum absolute atomic E-state index is 12.9. The van der Waals surface area contributed by atoms with Gasteiger partial charge < -0.3 is 26.8 Å². The van der Waals surface area contributed by atoms with Gasteiger partial charge >= 0.3 is 12.3 Å². The number of hydrogen-bond donors (Lipinski definition) is 4. The lowest BCUT2D eigenvalue weighted by Gasteiger charge is -2.20. The smallest absolute Gasteiger partial charge is 0.416 e. The van der Waals surface area contributed by atoms with Crippen molar-refractivity contribution in [2.24, 2.45) is 5.73 Å². The van der Waals surface area contributed by atoms with Crippen molar-refractivity contribution in [1.82, 2.24) is 9.97 Å². The number of halogens is 3. The van der Waals surface area contributed by atoms with Crippen LogP contribution in [0.3, 0.4) is 0 Å². The molecule has 2 aromatic rings. The van der Waals surface area contributed by atoms with E-state index in [9.17, 15) is 28.0 Å². The summed E-state index contributed by atoms with van der Waals surface area (Å²) >= 11 is 1.10. The Hall–Kier alpha value is -3.73. The third-order valence-corrected chi connectivity index (χ3v) is 4.36. The molecule has 10 nitrogen and oxygen atoms in total. The van der Waals surface area contributed by atoms with E-state index in [-0.39, 0.29) is 28.0 Å². The number of carbonyl (C=O) groups is 2. The summed E-state index contributed by atoms with van der Waals surface area (Å²) < 4.78 is 43.3. The molecule has 0 radical (unpaired) electrons. The highest BCUT2D eigenvalue weighted by atomic mass is 32.2. The van der Waals surface area contributed by atoms with Crippen molar-refractivity contribution in [2.75, 3.05) is 29.2 Å². The molecule has 0 spiro atoms. The highest BCUT2D eigenvalue weighted by Crippen LogP contribution is 2.31. The summed E-state index contributed by atoms with van der Waals surface area (Å²) in [5.74, 6) is -1.21. The standard InChI is InChI=1S/C17H16F3N7O3S/c1-31-14-10(6-21)12(26-15(22)27-14)25-11(7-30-16(23)29)13(28)24-9-4-2-3-8(5-9)17(18,19)20/h2-5,11H,7H2,1H3,(H2,23,29)(H,24,28)(H3,22,25,26,27)/t11-/m0/s1. The maximum Gasteiger partial charge on any atom is 0.416 e. The number of nitrogens with two attached hydrogens (primary N) is 2. The monoisotopic (exact) mass is 455 g/mol. The van der Waals surface area contributed by atoms with E-state index in [0.29, 0.717) is 0 Å². The second-order valence-electron chi connectivity index (χ2n) is 5.82. The largest absolute Gasteiger partial charge is 0.447 e. The van der Waals surface area contributed by atoms with Gasteiger partial charge in [0, 0.05) is 5.69 Å². The van der Waals surface area contributed by atoms with Crippen molar-refractivity contribution in [3.05, 3.63) is 35.4 Å². The average Bonchev–Trinajstić information content (AvgIpc) is 2.69. The van der Waals surface area contributed by atoms with Crippen LogP contribution < -0.4 is 22.1 Å². The van der Waals surface area contributed by atoms with Crippen LogP contribution >= 0.6 is 11.8 Å². The van der Waals surface area contributed by atoms with E-state index in [1.165, 1.54) is 6.07 Å². The summed E-state index contributed by atoms with van der Waals surface area (Å²) in [6, 6.07) is 4.43. The fraction of sp³-hybridized carbons (Fsp3) is 0.235. The molecule has 0 fully saturated rings. The number of nitriles is 1. The fourth-order valence-electron chi connectivity index (χ4n) is 2.33. The summed E-state index contributed by atoms with van der Waals surface area (Å²) in [6.45, 7) is -0.608. The van der Waals surface area contributed by atoms with E-state index >= 15 is 0 Å². The molecular formula is C17H16F3N7O3S. The Morgan fingerprint density at radius 2 is 2.06 bits per heavy atom. The molecule has 2 amide bonds. The molecule has 1 aromatic carbocycles. The first kappa shape index (κ1) is 23.5. The van der Waals surface area contributed by atoms with Crippen LogP contribution in [0.25, 0.3) is 0 Å². The summed E-state index contributed by atoms with van der Waals surface area (Å²) in [5, 5.41) is 14.5. The lowest BCUT2D eigenvalue weighted by molar-refractivity contribution is -0.137. The molecule has 31 heavy (non-hydrogen) atoms. The van der Waals surface area contributed by atoms with E-state index < -0.39 is 36.4 Å². The average molecular weight is 455 g/mol. The highest BCUT2D eigenvalue weighted by Gasteiger charge is 2.31. The number of primary amides is 1. The molecule has 164 valence electrons. The molecule has 0 aliphatic heterocycles. The van der Waals surface area contributed by atoms with Gasteiger partial charge in [-0.3, -0.25) is 4.79 Å². The maximum atomic E-state index is 12.9. The summed E-state index contributed by atoms with van der Waals surface area (Å²) in [6.07, 6.45) is -4.16. The quantitative estimate of drug-likeness (QED) is 0.361. The second-order valence-corrected chi connectivity index (χ2v) is 6.62. The molecule has 1 heterocycles. The molecule has 2 rings (SSSR count). The molecule has 0 bridgehead atoms. The van der Waals surface area contributed by atoms with Crippen molar-refractivity contribution >= 4 is 41.2 Å². The third kappa shape index (κ3) is 6.37. The second kappa shape index (κ2) is 9.85. The molecule has 0 aliphatic carbocycles. The minimum Gasteiger partial charge on any atom is -0.447 e. The Labute approximate surface area is 178 Å². The van der Waals surface area contributed by atoms with Gasteiger partial charge in [-0.1, -0.05) is 6.07 Å². The summed E-state index contributed by atoms with van der Waals surface area (Å²) in [4.78, 5) is 31.4. The van der Waals surface area contributed by atoms with Gasteiger partial charge in [0.1, 0.15) is 29.3 Å². The van der Waals surface area contributed by atoms with Crippen molar-refractivity contribution in [2.45, 2.75) is 17.2 Å². The van der Waals surface area contributed by atoms with Gasteiger partial charge in [-0.05, 0) is 24.5 Å². The van der Waals surface area contributed by atoms with E-state index in [2.05, 4.69) is 25.3 Å². The number of alkyl halides is 3. The zero-order chi connectivity index (χ0) is 23.2. The zero-order valence-electron chi connectivity index (χ0n) is 15.9. The first-order valence-corrected chi connectivity index (χ1v) is 9.56. The van der Waals surface area contributed by atoms with Crippen LogP contribution in [0.15, 0.2) is 29.3 Å². The molecule has 1 aromatic heterocycles. The normalized spacial score (nSPS) is 11.8. The molecule has 0 unspecified atom stereocenters. The van der Waals surface area contributed by atoms with Crippen molar-refractivity contribution in [3.63, 3.8) is 0 Å². The minimum absolute atomic E-state index is 0.0300. The van der Waals surface area contributed by atoms with E-state index in [1.807, 2.05) is 6.07 Å². The number of aromatic nitrogens is 2. The number of thioether (sulfide) groups is 1. The van der Waals surface area contributed by atoms with Crippen molar-refractivity contribution in [1.29, 1.82) is 5.26 Å². The number of ether oxygens (including phenoxy) is 1. The predicted molar refractivity (Wildman–Crippen MR) is 106 cm³/mol. The van der Waals surface area contributed by atoms with Gasteiger partial charge in [0.25, 0.3) is 0 Å². The van der Waals surface area contributed by atoms with Crippen molar-refractivity contribution < 1.29 is 27.5 Å². The highest BCUT2D eigenvalue weighted by molar-refractivity contribution is 7.98. The Bertz CT molecular complexity index is 1030. The lowest BCUT2D eigenvalue weighted by Crippen LogP contribution is -2.40. The molecular weight excluding hydrogens is 439 g/mol. The van der Waals surface area contributed by atoms with Crippen LogP contribution in [0, 0.1) is 11.3 Å². The minimum atomic E-state index is -4.61. The Morgan fingerprint density at radius 3 is 2.65 bits per heavy atom. The van der Waals surface area contributed by atoms with Crippen LogP contribution in [-0.2, 0) is 15.7 Å². The van der Waals surface area contributed by atoms with Gasteiger partial charge in [0.15, 0.2) is 5.82 Å². The SMILES string of the molecule is CSc1nc(N)nc(N[C@@H](COC(N)=O)C(=O)Nc2cccc(C(F)(F)F)c2)c1C#N. The van der Waals surface area contributed by atoms with Crippen LogP contribution in [0.1, 0.15) is 11.1 Å². The van der Waals surface area contributed by atoms with Gasteiger partial charge in [-0.15, -0.1) is 11.8 Å². The number of rotatable bonds is 7. The van der Waals surface area contributed by atoms with Gasteiger partial charge in [-0.25, -0.2) is 9.78 Å². The number of carbonyl (C=O) groups excluding carboxylic acids is 2. The number of nitrogens with zero attached hydrogens (tertiary/aromatic N) is 3. The number of benzene rings is 1. The van der Waals surface area contributed by atoms with Gasteiger partial charge in [0.2, 0.25) is 11.9 Å². The van der Waals surface area contributed by atoms with E-state index in [1.54, 1.807) is 6.26 Å². The zero-order valence-corrected chi connectivity index (χ0v) is 16.7. The van der Waals surface area contributed by atoms with Gasteiger partial charge in [-0.2, -0.15) is 23.4 Å². The third-order valence-electron chi connectivity index (χ3n) is 3.68. The Morgan fingerprint density at radius 1 is 1.35 bits per heavy atom. The van der Waals surface area contributed by atoms with E-state index in [4.69, 9.17) is 11.5 Å². The Kier molecular flexibility index (Phi) is 7.48. The van der Waals surface area contributed by atoms with Gasteiger partial charge in [0.05, 0.1) is 5.56 Å². The summed E-state index contributed by atoms with van der Waals surface area (Å²) in [5.41, 5.74) is 9.40. The fourth-order valence-corrected chi connectivity index (χ4v) is 2.86. The molecule has 6 N–H and O–H groups in total. The summed E-state index contributed by atoms with van der Waals surface area (Å²) in [7, 11) is 0. The van der Waals surface area contributed by atoms with Crippen LogP contribution in [0.5, 0.6) is 0 Å². The molecule has 0 aliphatic rings. The first-order valence-electron chi connectivity index (χ1n) is 8.33. The predicted octanol–water partition coefficient (Wildman–Crippen LogP) is 2.19. The number of hydrogen-bond acceptors (Lipinski definition) is 9.